The number of hydrogen-bond donors (Lipinski definition) is 3. The monoisotopic (exact) mass is 928 g/mol. The molecule has 11 nitrogen and oxygen atoms in total. The van der Waals surface area contributed by atoms with Gasteiger partial charge >= 0.3 is 0 Å². The topological polar surface area (TPSA) is 108 Å². The summed E-state index contributed by atoms with van der Waals surface area (Å²) in [4.78, 5) is 41.3. The molecule has 9 rings (SSSR count). The van der Waals surface area contributed by atoms with Crippen LogP contribution in [0.25, 0.3) is 22.4 Å². The van der Waals surface area contributed by atoms with Gasteiger partial charge < -0.3 is 15.1 Å². The van der Waals surface area contributed by atoms with Crippen molar-refractivity contribution in [3.8, 4) is 22.4 Å². The van der Waals surface area contributed by atoms with Crippen LogP contribution in [-0.2, 0) is 16.1 Å². The van der Waals surface area contributed by atoms with Crippen LogP contribution >= 0.6 is 0 Å². The smallest absolute Gasteiger partial charge is 0.249 e. The number of piperidine rings is 1. The zero-order valence-electron chi connectivity index (χ0n) is 42.2. The first-order valence-corrected chi connectivity index (χ1v) is 24.9. The summed E-state index contributed by atoms with van der Waals surface area (Å²) >= 11 is 0. The number of aromatic nitrogens is 1. The van der Waals surface area contributed by atoms with Crippen molar-refractivity contribution in [1.29, 1.82) is 0 Å². The molecule has 0 radical (unpaired) electrons. The number of nitrogens with zero attached hydrogens (tertiary/aromatic N) is 6. The Morgan fingerprint density at radius 2 is 1.59 bits per heavy atom. The van der Waals surface area contributed by atoms with E-state index in [1.165, 1.54) is 17.7 Å². The van der Waals surface area contributed by atoms with Crippen LogP contribution < -0.4 is 25.9 Å². The predicted molar refractivity (Wildman–Crippen MR) is 286 cm³/mol. The molecule has 2 amide bonds. The molecular weight excluding hydrogens is 855 g/mol. The van der Waals surface area contributed by atoms with E-state index in [0.717, 1.165) is 131 Å². The summed E-state index contributed by atoms with van der Waals surface area (Å²) in [6.07, 6.45) is 10.6. The summed E-state index contributed by atoms with van der Waals surface area (Å²) in [6, 6.07) is 27.6. The summed E-state index contributed by atoms with van der Waals surface area (Å²) in [7, 11) is 0. The molecule has 2 aliphatic carbocycles. The van der Waals surface area contributed by atoms with Gasteiger partial charge in [-0.2, -0.15) is 0 Å². The van der Waals surface area contributed by atoms with Crippen molar-refractivity contribution in [2.45, 2.75) is 106 Å². The minimum absolute atomic E-state index is 0.222. The Morgan fingerprint density at radius 3 is 2.17 bits per heavy atom. The van der Waals surface area contributed by atoms with E-state index in [9.17, 15) is 9.59 Å². The average molecular weight is 928 g/mol. The number of carbonyl (C=O) groups is 2. The van der Waals surface area contributed by atoms with Gasteiger partial charge in [-0.1, -0.05) is 89.9 Å². The summed E-state index contributed by atoms with van der Waals surface area (Å²) in [6.45, 7) is 33.9. The zero-order chi connectivity index (χ0) is 49.4. The number of aliphatic imine (C=N–C) groups is 1. The lowest BCUT2D eigenvalue weighted by Gasteiger charge is -2.36. The number of hydrazine groups is 1. The number of piperazine rings is 1. The van der Waals surface area contributed by atoms with E-state index in [-0.39, 0.29) is 11.8 Å². The Bertz CT molecular complexity index is 2610. The van der Waals surface area contributed by atoms with E-state index < -0.39 is 6.04 Å². The molecule has 1 unspecified atom stereocenters. The molecule has 362 valence electrons. The van der Waals surface area contributed by atoms with Crippen LogP contribution in [0, 0.1) is 18.8 Å². The van der Waals surface area contributed by atoms with Crippen molar-refractivity contribution in [3.05, 3.63) is 157 Å². The van der Waals surface area contributed by atoms with Gasteiger partial charge in [-0.05, 0) is 136 Å². The number of imide groups is 1. The second kappa shape index (κ2) is 22.6. The van der Waals surface area contributed by atoms with Gasteiger partial charge in [0.25, 0.3) is 0 Å². The van der Waals surface area contributed by atoms with Gasteiger partial charge in [-0.25, -0.2) is 0 Å². The number of rotatable bonds is 13. The van der Waals surface area contributed by atoms with Crippen LogP contribution in [0.3, 0.4) is 0 Å². The zero-order valence-corrected chi connectivity index (χ0v) is 42.2. The van der Waals surface area contributed by atoms with E-state index in [4.69, 9.17) is 9.98 Å². The number of benzene rings is 3. The second-order valence-corrected chi connectivity index (χ2v) is 19.0. The van der Waals surface area contributed by atoms with E-state index in [0.29, 0.717) is 18.9 Å². The summed E-state index contributed by atoms with van der Waals surface area (Å²) < 4.78 is 0. The SMILES string of the molecule is C=C(C)/C(=C/C)N1NC(Nc2cccc(-c3ccc(CN4CCN(c5ccc(-c6ccc(N(C(=C)C)C7CCC(=O)NC7=O)c(C)c6)cc5)CC4)cn3)c2)=CC(=NC2CC2)C1=C.CC.C[C@@H]1C[C@@H]1C. The number of allylic oxidation sites excluding steroid dienone is 4. The number of pyridine rings is 1. The Labute approximate surface area is 411 Å². The van der Waals surface area contributed by atoms with Crippen molar-refractivity contribution in [2.24, 2.45) is 16.8 Å². The van der Waals surface area contributed by atoms with E-state index in [2.05, 4.69) is 139 Å². The number of aryl methyl sites for hydroxylation is 1. The predicted octanol–water partition coefficient (Wildman–Crippen LogP) is 11.6. The fourth-order valence-electron chi connectivity index (χ4n) is 8.97. The van der Waals surface area contributed by atoms with Gasteiger partial charge in [0.05, 0.1) is 28.8 Å². The quantitative estimate of drug-likeness (QED) is 0.0892. The van der Waals surface area contributed by atoms with Gasteiger partial charge in [0.15, 0.2) is 0 Å². The van der Waals surface area contributed by atoms with Crippen LogP contribution in [0.1, 0.15) is 91.7 Å². The third-order valence-electron chi connectivity index (χ3n) is 13.4. The molecule has 1 aromatic heterocycles. The molecule has 0 bridgehead atoms. The van der Waals surface area contributed by atoms with Crippen molar-refractivity contribution >= 4 is 34.6 Å². The molecule has 4 aromatic rings. The highest BCUT2D eigenvalue weighted by Crippen LogP contribution is 2.36. The molecule has 11 heteroatoms. The molecule has 3 aromatic carbocycles. The van der Waals surface area contributed by atoms with Crippen LogP contribution in [0.5, 0.6) is 0 Å². The third-order valence-corrected chi connectivity index (χ3v) is 13.4. The number of amides is 2. The number of carbonyl (C=O) groups excluding carboxylic acids is 2. The number of anilines is 3. The minimum atomic E-state index is -0.456. The molecule has 2 saturated carbocycles. The first-order valence-electron chi connectivity index (χ1n) is 24.9. The summed E-state index contributed by atoms with van der Waals surface area (Å²) in [5, 5.41) is 8.01. The molecule has 3 aliphatic heterocycles. The number of hydrogen-bond acceptors (Lipinski definition) is 10. The van der Waals surface area contributed by atoms with Crippen LogP contribution in [0.15, 0.2) is 150 Å². The maximum Gasteiger partial charge on any atom is 0.249 e. The molecule has 4 heterocycles. The fourth-order valence-corrected chi connectivity index (χ4v) is 8.97. The normalized spacial score (nSPS) is 20.9. The second-order valence-electron chi connectivity index (χ2n) is 19.0. The fraction of sp³-hybridized carbons (Fsp3) is 0.379. The largest absolute Gasteiger partial charge is 0.369 e. The van der Waals surface area contributed by atoms with Crippen molar-refractivity contribution in [3.63, 3.8) is 0 Å². The maximum absolute atomic E-state index is 12.7. The maximum atomic E-state index is 12.7. The lowest BCUT2D eigenvalue weighted by molar-refractivity contribution is -0.134. The molecule has 69 heavy (non-hydrogen) atoms. The Hall–Kier alpha value is -6.72. The van der Waals surface area contributed by atoms with E-state index in [1.54, 1.807) is 0 Å². The molecular formula is C58H73N9O2. The minimum Gasteiger partial charge on any atom is -0.369 e. The number of nitrogens with one attached hydrogen (secondary N) is 3. The average Bonchev–Trinajstić information content (AvgIpc) is 4.29. The molecule has 0 spiro atoms. The van der Waals surface area contributed by atoms with E-state index in [1.807, 2.05) is 68.9 Å². The standard InChI is InChI=1S/C51H57N9O2.C5H10.C2H6/c1-8-46(33(2)3)60-36(7)45(53-41-16-17-41)30-49(56-60)54-42-11-9-10-40(29-42)44-20-12-37(31-52-44)32-57-24-26-58(27-25-57)43-18-13-38(14-19-43)39-15-21-47(35(6)28-39)59(34(4)5)48-22-23-50(61)55-51(48)62;1-4-3-5(4)2;1-2/h8-15,18-21,28-31,41,48,54,56H,2,4,7,16-17,22-27,32H2,1,3,5-6H3,(H,55,61,62);4-5H,3H2,1-2H3;1-2H3/b46-8-,53-45?;;/t;4-,5+;. The van der Waals surface area contributed by atoms with Gasteiger partial charge in [0.2, 0.25) is 11.8 Å². The highest BCUT2D eigenvalue weighted by Gasteiger charge is 2.33. The van der Waals surface area contributed by atoms with Crippen molar-refractivity contribution < 1.29 is 9.59 Å². The van der Waals surface area contributed by atoms with Gasteiger partial charge in [0, 0.05) is 79.7 Å². The van der Waals surface area contributed by atoms with Crippen LogP contribution in [0.4, 0.5) is 17.1 Å². The lowest BCUT2D eigenvalue weighted by Crippen LogP contribution is -2.52. The lowest BCUT2D eigenvalue weighted by atomic mass is 9.98. The Morgan fingerprint density at radius 1 is 0.899 bits per heavy atom. The molecule has 3 atom stereocenters. The van der Waals surface area contributed by atoms with Crippen molar-refractivity contribution in [1.82, 2.24) is 25.6 Å². The van der Waals surface area contributed by atoms with E-state index >= 15 is 0 Å². The third kappa shape index (κ3) is 12.7. The highest BCUT2D eigenvalue weighted by molar-refractivity contribution is 6.09. The molecule has 3 N–H and O–H groups in total. The van der Waals surface area contributed by atoms with Crippen molar-refractivity contribution in [2.75, 3.05) is 41.3 Å². The molecule has 5 aliphatic rings. The van der Waals surface area contributed by atoms with Gasteiger partial charge in [-0.3, -0.25) is 40.2 Å². The summed E-state index contributed by atoms with van der Waals surface area (Å²) in [5.41, 5.74) is 17.4. The van der Waals surface area contributed by atoms with Crippen LogP contribution in [0.2, 0.25) is 0 Å². The Kier molecular flexibility index (Phi) is 16.4. The Balaban J connectivity index is 0.000000933. The van der Waals surface area contributed by atoms with Gasteiger partial charge in [-0.15, -0.1) is 0 Å². The summed E-state index contributed by atoms with van der Waals surface area (Å²) in [5.74, 6) is 2.42. The first kappa shape index (κ1) is 50.2. The highest BCUT2D eigenvalue weighted by atomic mass is 16.2. The molecule has 2 saturated heterocycles. The van der Waals surface area contributed by atoms with Gasteiger partial charge in [0.1, 0.15) is 11.9 Å². The molecule has 4 fully saturated rings. The van der Waals surface area contributed by atoms with Crippen LogP contribution in [-0.4, -0.2) is 70.7 Å². The first-order chi connectivity index (χ1) is 33.2.